The quantitative estimate of drug-likeness (QED) is 0.529. The van der Waals surface area contributed by atoms with Gasteiger partial charge in [0.2, 0.25) is 11.9 Å². The van der Waals surface area contributed by atoms with Gasteiger partial charge in [-0.1, -0.05) is 36.4 Å². The van der Waals surface area contributed by atoms with E-state index in [1.54, 1.807) is 23.6 Å². The number of benzene rings is 2. The van der Waals surface area contributed by atoms with Gasteiger partial charge in [0.1, 0.15) is 5.69 Å². The van der Waals surface area contributed by atoms with E-state index < -0.39 is 0 Å². The molecular formula is C19H17N3O2S. The van der Waals surface area contributed by atoms with Gasteiger partial charge in [-0.3, -0.25) is 0 Å². The van der Waals surface area contributed by atoms with Crippen LogP contribution in [0, 0.1) is 0 Å². The second-order valence-corrected chi connectivity index (χ2v) is 6.48. The summed E-state index contributed by atoms with van der Waals surface area (Å²) in [5, 5.41) is 1.89. The van der Waals surface area contributed by atoms with Crippen LogP contribution in [-0.2, 0) is 4.74 Å². The van der Waals surface area contributed by atoms with Crippen LogP contribution in [0.25, 0.3) is 22.3 Å². The first-order chi connectivity index (χ1) is 12.3. The summed E-state index contributed by atoms with van der Waals surface area (Å²) in [5.41, 5.74) is 2.88. The first kappa shape index (κ1) is 15.8. The third-order valence-electron chi connectivity index (χ3n) is 3.75. The molecule has 0 atom stereocenters. The van der Waals surface area contributed by atoms with Crippen molar-refractivity contribution in [3.05, 3.63) is 66.9 Å². The zero-order valence-electron chi connectivity index (χ0n) is 13.7. The van der Waals surface area contributed by atoms with Gasteiger partial charge in [-0.15, -0.1) is 0 Å². The number of para-hydroxylation sites is 1. The van der Waals surface area contributed by atoms with Crippen molar-refractivity contribution in [2.45, 2.75) is 10.1 Å². The summed E-state index contributed by atoms with van der Waals surface area (Å²) in [5.74, 6) is 0. The van der Waals surface area contributed by atoms with E-state index >= 15 is 0 Å². The van der Waals surface area contributed by atoms with E-state index in [-0.39, 0.29) is 6.79 Å². The Morgan fingerprint density at radius 1 is 1.08 bits per heavy atom. The van der Waals surface area contributed by atoms with Crippen LogP contribution >= 0.6 is 11.8 Å². The van der Waals surface area contributed by atoms with Crippen molar-refractivity contribution < 1.29 is 9.57 Å². The molecular weight excluding hydrogens is 334 g/mol. The Morgan fingerprint density at radius 2 is 1.88 bits per heavy atom. The predicted molar refractivity (Wildman–Crippen MR) is 98.5 cm³/mol. The topological polar surface area (TPSA) is 52.1 Å². The lowest BCUT2D eigenvalue weighted by Gasteiger charge is -2.11. The van der Waals surface area contributed by atoms with Crippen LogP contribution in [-0.4, -0.2) is 28.6 Å². The van der Waals surface area contributed by atoms with Crippen molar-refractivity contribution >= 4 is 22.7 Å². The Labute approximate surface area is 149 Å². The molecule has 0 unspecified atom stereocenters. The molecule has 2 aromatic heterocycles. The van der Waals surface area contributed by atoms with E-state index in [1.165, 1.54) is 0 Å². The highest BCUT2D eigenvalue weighted by Crippen LogP contribution is 2.31. The van der Waals surface area contributed by atoms with Crippen LogP contribution in [0.4, 0.5) is 0 Å². The van der Waals surface area contributed by atoms with Crippen molar-refractivity contribution in [3.63, 3.8) is 0 Å². The Morgan fingerprint density at radius 3 is 2.68 bits per heavy atom. The van der Waals surface area contributed by atoms with Crippen LogP contribution in [0.2, 0.25) is 0 Å². The number of aromatic amines is 1. The Hall–Kier alpha value is -2.70. The monoisotopic (exact) mass is 351 g/mol. The van der Waals surface area contributed by atoms with Gasteiger partial charge < -0.3 is 14.6 Å². The third kappa shape index (κ3) is 3.26. The summed E-state index contributed by atoms with van der Waals surface area (Å²) < 4.78 is 6.79. The van der Waals surface area contributed by atoms with Crippen LogP contribution < -0.4 is 4.84 Å². The number of nitrogens with one attached hydrogen (secondary N) is 1. The molecule has 0 radical (unpaired) electrons. The van der Waals surface area contributed by atoms with Gasteiger partial charge in [0.05, 0.1) is 11.9 Å². The lowest BCUT2D eigenvalue weighted by molar-refractivity contribution is -0.0452. The summed E-state index contributed by atoms with van der Waals surface area (Å²) in [7, 11) is 1.60. The highest BCUT2D eigenvalue weighted by atomic mass is 32.2. The number of methoxy groups -OCH3 is 1. The Bertz CT molecular complexity index is 946. The molecule has 0 aliphatic carbocycles. The molecule has 126 valence electrons. The summed E-state index contributed by atoms with van der Waals surface area (Å²) in [6, 6.07) is 20.3. The van der Waals surface area contributed by atoms with E-state index in [2.05, 4.69) is 28.2 Å². The van der Waals surface area contributed by atoms with Crippen LogP contribution in [0.15, 0.2) is 76.9 Å². The normalized spacial score (nSPS) is 11.1. The maximum absolute atomic E-state index is 5.77. The van der Waals surface area contributed by atoms with Crippen molar-refractivity contribution in [2.75, 3.05) is 13.9 Å². The maximum Gasteiger partial charge on any atom is 0.214 e. The van der Waals surface area contributed by atoms with Gasteiger partial charge in [0.15, 0.2) is 0 Å². The molecule has 0 saturated carbocycles. The standard InChI is InChI=1S/C19H17N3O2S/c1-23-13-24-22-18(17-11-14-7-5-6-10-16(14)21-17)12-20-19(22)25-15-8-3-2-4-9-15/h2-12,21H,13H2,1H3. The van der Waals surface area contributed by atoms with Crippen LogP contribution in [0.1, 0.15) is 0 Å². The summed E-state index contributed by atoms with van der Waals surface area (Å²) in [6.07, 6.45) is 1.81. The first-order valence-corrected chi connectivity index (χ1v) is 8.68. The van der Waals surface area contributed by atoms with Crippen molar-refractivity contribution in [1.29, 1.82) is 0 Å². The van der Waals surface area contributed by atoms with E-state index in [9.17, 15) is 0 Å². The minimum absolute atomic E-state index is 0.145. The number of imidazole rings is 1. The van der Waals surface area contributed by atoms with Crippen LogP contribution in [0.5, 0.6) is 0 Å². The number of ether oxygens (including phenoxy) is 1. The molecule has 0 aliphatic rings. The second-order valence-electron chi connectivity index (χ2n) is 5.44. The number of aromatic nitrogens is 3. The number of fused-ring (bicyclic) bond motifs is 1. The summed E-state index contributed by atoms with van der Waals surface area (Å²) >= 11 is 1.54. The van der Waals surface area contributed by atoms with Gasteiger partial charge >= 0.3 is 0 Å². The zero-order valence-corrected chi connectivity index (χ0v) is 14.5. The lowest BCUT2D eigenvalue weighted by atomic mass is 10.2. The number of hydrogen-bond donors (Lipinski definition) is 1. The molecule has 0 spiro atoms. The predicted octanol–water partition coefficient (Wildman–Crippen LogP) is 4.22. The molecule has 5 nitrogen and oxygen atoms in total. The summed E-state index contributed by atoms with van der Waals surface area (Å²) in [4.78, 5) is 14.8. The van der Waals surface area contributed by atoms with Gasteiger partial charge in [0, 0.05) is 22.9 Å². The fraction of sp³-hybridized carbons (Fsp3) is 0.105. The second kappa shape index (κ2) is 7.04. The highest BCUT2D eigenvalue weighted by Gasteiger charge is 2.16. The fourth-order valence-electron chi connectivity index (χ4n) is 2.61. The Balaban J connectivity index is 1.73. The minimum atomic E-state index is 0.145. The largest absolute Gasteiger partial charge is 0.382 e. The summed E-state index contributed by atoms with van der Waals surface area (Å²) in [6.45, 7) is 0.145. The molecule has 1 N–H and O–H groups in total. The first-order valence-electron chi connectivity index (χ1n) is 7.86. The highest BCUT2D eigenvalue weighted by molar-refractivity contribution is 7.99. The molecule has 4 aromatic rings. The van der Waals surface area contributed by atoms with Gasteiger partial charge in [0.25, 0.3) is 0 Å². The fourth-order valence-corrected chi connectivity index (χ4v) is 3.45. The molecule has 0 amide bonds. The number of hydrogen-bond acceptors (Lipinski definition) is 4. The molecule has 0 aliphatic heterocycles. The third-order valence-corrected chi connectivity index (χ3v) is 4.71. The van der Waals surface area contributed by atoms with E-state index in [0.717, 1.165) is 32.3 Å². The van der Waals surface area contributed by atoms with E-state index in [0.29, 0.717) is 0 Å². The van der Waals surface area contributed by atoms with Gasteiger partial charge in [-0.2, -0.15) is 4.73 Å². The molecule has 0 fully saturated rings. The SMILES string of the molecule is COCOn1c(-c2cc3ccccc3[nH]2)cnc1Sc1ccccc1. The van der Waals surface area contributed by atoms with Crippen molar-refractivity contribution in [3.8, 4) is 11.4 Å². The Kier molecular flexibility index (Phi) is 4.45. The molecule has 4 rings (SSSR count). The average molecular weight is 351 g/mol. The van der Waals surface area contributed by atoms with E-state index in [4.69, 9.17) is 9.57 Å². The molecule has 25 heavy (non-hydrogen) atoms. The maximum atomic E-state index is 5.77. The van der Waals surface area contributed by atoms with Crippen LogP contribution in [0.3, 0.4) is 0 Å². The molecule has 2 heterocycles. The number of rotatable bonds is 6. The van der Waals surface area contributed by atoms with Crippen molar-refractivity contribution in [1.82, 2.24) is 14.7 Å². The van der Waals surface area contributed by atoms with Gasteiger partial charge in [-0.25, -0.2) is 4.98 Å². The number of H-pyrrole nitrogens is 1. The lowest BCUT2D eigenvalue weighted by Crippen LogP contribution is -2.16. The van der Waals surface area contributed by atoms with Crippen molar-refractivity contribution in [2.24, 2.45) is 0 Å². The molecule has 2 aromatic carbocycles. The zero-order chi connectivity index (χ0) is 17.1. The van der Waals surface area contributed by atoms with Gasteiger partial charge in [-0.05, 0) is 36.0 Å². The molecule has 0 bridgehead atoms. The van der Waals surface area contributed by atoms with E-state index in [1.807, 2.05) is 48.7 Å². The average Bonchev–Trinajstić information content (AvgIpc) is 3.24. The molecule has 6 heteroatoms. The smallest absolute Gasteiger partial charge is 0.214 e. The molecule has 0 saturated heterocycles. The number of nitrogens with zero attached hydrogens (tertiary/aromatic N) is 2. The minimum Gasteiger partial charge on any atom is -0.382 e.